The Labute approximate surface area is 133 Å². The number of benzene rings is 1. The van der Waals surface area contributed by atoms with E-state index in [1.54, 1.807) is 0 Å². The van der Waals surface area contributed by atoms with Crippen LogP contribution in [0.25, 0.3) is 0 Å². The summed E-state index contributed by atoms with van der Waals surface area (Å²) in [6.07, 6.45) is 2.25. The van der Waals surface area contributed by atoms with E-state index in [1.807, 2.05) is 11.3 Å². The number of thiophene rings is 1. The summed E-state index contributed by atoms with van der Waals surface area (Å²) in [6.45, 7) is 9.97. The molecule has 0 aliphatic rings. The van der Waals surface area contributed by atoms with Crippen LogP contribution in [0.5, 0.6) is 0 Å². The van der Waals surface area contributed by atoms with E-state index in [4.69, 9.17) is 0 Å². The summed E-state index contributed by atoms with van der Waals surface area (Å²) >= 11 is 1.87. The van der Waals surface area contributed by atoms with E-state index in [1.165, 1.54) is 21.6 Å². The van der Waals surface area contributed by atoms with Crippen molar-refractivity contribution in [3.05, 3.63) is 57.3 Å². The molecule has 2 heteroatoms. The van der Waals surface area contributed by atoms with Crippen LogP contribution in [0.4, 0.5) is 0 Å². The van der Waals surface area contributed by atoms with E-state index < -0.39 is 0 Å². The third kappa shape index (κ3) is 4.18. The van der Waals surface area contributed by atoms with Gasteiger partial charge in [0, 0.05) is 4.88 Å². The molecule has 21 heavy (non-hydrogen) atoms. The Bertz CT molecular complexity index is 556. The molecule has 0 spiro atoms. The molecule has 0 aliphatic carbocycles. The lowest BCUT2D eigenvalue weighted by Gasteiger charge is -2.20. The van der Waals surface area contributed by atoms with Gasteiger partial charge in [0.2, 0.25) is 0 Å². The summed E-state index contributed by atoms with van der Waals surface area (Å²) in [7, 11) is 0. The standard InChI is InChI=1S/C19H27NS/c1-5-16-10-11-21-19(16)18(20-6-2)17-9-7-8-15(13-17)12-14(3)4/h7-11,13-14,18,20H,5-6,12H2,1-4H3. The molecule has 2 aromatic rings. The molecule has 1 heterocycles. The Hall–Kier alpha value is -1.12. The summed E-state index contributed by atoms with van der Waals surface area (Å²) in [5, 5.41) is 5.89. The molecule has 1 aromatic carbocycles. The van der Waals surface area contributed by atoms with Gasteiger partial charge in [0.05, 0.1) is 6.04 Å². The minimum Gasteiger partial charge on any atom is -0.306 e. The highest BCUT2D eigenvalue weighted by Gasteiger charge is 2.17. The fourth-order valence-corrected chi connectivity index (χ4v) is 3.93. The summed E-state index contributed by atoms with van der Waals surface area (Å²) in [6, 6.07) is 11.7. The predicted molar refractivity (Wildman–Crippen MR) is 94.2 cm³/mol. The van der Waals surface area contributed by atoms with Crippen molar-refractivity contribution in [1.29, 1.82) is 0 Å². The Kier molecular flexibility index (Phi) is 6.01. The first-order chi connectivity index (χ1) is 10.2. The fourth-order valence-electron chi connectivity index (χ4n) is 2.83. The van der Waals surface area contributed by atoms with Crippen LogP contribution < -0.4 is 5.32 Å². The zero-order valence-electron chi connectivity index (χ0n) is 13.6. The molecular formula is C19H27NS. The van der Waals surface area contributed by atoms with Crippen LogP contribution in [0.2, 0.25) is 0 Å². The van der Waals surface area contributed by atoms with Crippen molar-refractivity contribution in [2.24, 2.45) is 5.92 Å². The maximum absolute atomic E-state index is 3.67. The third-order valence-electron chi connectivity index (χ3n) is 3.76. The highest BCUT2D eigenvalue weighted by molar-refractivity contribution is 7.10. The Morgan fingerprint density at radius 3 is 2.62 bits per heavy atom. The molecule has 114 valence electrons. The second-order valence-electron chi connectivity index (χ2n) is 6.00. The van der Waals surface area contributed by atoms with E-state index in [2.05, 4.69) is 68.7 Å². The Morgan fingerprint density at radius 1 is 1.14 bits per heavy atom. The highest BCUT2D eigenvalue weighted by Crippen LogP contribution is 2.31. The van der Waals surface area contributed by atoms with Crippen LogP contribution in [-0.4, -0.2) is 6.54 Å². The first kappa shape index (κ1) is 16.3. The minimum absolute atomic E-state index is 0.331. The van der Waals surface area contributed by atoms with Crippen LogP contribution in [-0.2, 0) is 12.8 Å². The third-order valence-corrected chi connectivity index (χ3v) is 4.78. The lowest BCUT2D eigenvalue weighted by atomic mass is 9.96. The number of aryl methyl sites for hydroxylation is 1. The topological polar surface area (TPSA) is 12.0 Å². The number of rotatable bonds is 7. The van der Waals surface area contributed by atoms with Crippen molar-refractivity contribution in [1.82, 2.24) is 5.32 Å². The summed E-state index contributed by atoms with van der Waals surface area (Å²) in [4.78, 5) is 1.47. The van der Waals surface area contributed by atoms with E-state index >= 15 is 0 Å². The molecule has 0 bridgehead atoms. The lowest BCUT2D eigenvalue weighted by Crippen LogP contribution is -2.22. The lowest BCUT2D eigenvalue weighted by molar-refractivity contribution is 0.627. The molecule has 0 amide bonds. The molecule has 0 saturated carbocycles. The van der Waals surface area contributed by atoms with Gasteiger partial charge < -0.3 is 5.32 Å². The predicted octanol–water partition coefficient (Wildman–Crippen LogP) is 5.21. The second kappa shape index (κ2) is 7.77. The van der Waals surface area contributed by atoms with Crippen molar-refractivity contribution in [2.45, 2.75) is 46.6 Å². The zero-order valence-corrected chi connectivity index (χ0v) is 14.5. The largest absolute Gasteiger partial charge is 0.306 e. The molecular weight excluding hydrogens is 274 g/mol. The van der Waals surface area contributed by atoms with Crippen molar-refractivity contribution in [3.8, 4) is 0 Å². The van der Waals surface area contributed by atoms with Gasteiger partial charge >= 0.3 is 0 Å². The maximum Gasteiger partial charge on any atom is 0.0673 e. The van der Waals surface area contributed by atoms with Crippen molar-refractivity contribution in [2.75, 3.05) is 6.54 Å². The van der Waals surface area contributed by atoms with Crippen LogP contribution in [0.1, 0.15) is 55.3 Å². The number of hydrogen-bond acceptors (Lipinski definition) is 2. The quantitative estimate of drug-likeness (QED) is 0.740. The molecule has 1 aromatic heterocycles. The van der Waals surface area contributed by atoms with Crippen molar-refractivity contribution < 1.29 is 0 Å². The Balaban J connectivity index is 2.34. The molecule has 0 aliphatic heterocycles. The van der Waals surface area contributed by atoms with Crippen LogP contribution in [0.3, 0.4) is 0 Å². The first-order valence-electron chi connectivity index (χ1n) is 8.04. The fraction of sp³-hybridized carbons (Fsp3) is 0.474. The van der Waals surface area contributed by atoms with E-state index in [9.17, 15) is 0 Å². The molecule has 1 N–H and O–H groups in total. The van der Waals surface area contributed by atoms with Gasteiger partial charge in [-0.3, -0.25) is 0 Å². The molecule has 1 atom stereocenters. The average molecular weight is 301 g/mol. The molecule has 0 radical (unpaired) electrons. The van der Waals surface area contributed by atoms with Gasteiger partial charge in [0.1, 0.15) is 0 Å². The van der Waals surface area contributed by atoms with Gasteiger partial charge in [-0.1, -0.05) is 52.0 Å². The summed E-state index contributed by atoms with van der Waals surface area (Å²) < 4.78 is 0. The zero-order chi connectivity index (χ0) is 15.2. The van der Waals surface area contributed by atoms with E-state index in [-0.39, 0.29) is 0 Å². The SMILES string of the molecule is CCNC(c1cccc(CC(C)C)c1)c1sccc1CC. The average Bonchev–Trinajstić information content (AvgIpc) is 2.92. The van der Waals surface area contributed by atoms with Crippen molar-refractivity contribution in [3.63, 3.8) is 0 Å². The van der Waals surface area contributed by atoms with Gasteiger partial charge in [-0.2, -0.15) is 0 Å². The smallest absolute Gasteiger partial charge is 0.0673 e. The number of hydrogen-bond donors (Lipinski definition) is 1. The summed E-state index contributed by atoms with van der Waals surface area (Å²) in [5.74, 6) is 0.700. The van der Waals surface area contributed by atoms with Gasteiger partial charge in [-0.25, -0.2) is 0 Å². The molecule has 0 saturated heterocycles. The van der Waals surface area contributed by atoms with Gasteiger partial charge in [-0.05, 0) is 53.4 Å². The van der Waals surface area contributed by atoms with Gasteiger partial charge in [-0.15, -0.1) is 11.3 Å². The van der Waals surface area contributed by atoms with E-state index in [0.29, 0.717) is 12.0 Å². The van der Waals surface area contributed by atoms with Crippen molar-refractivity contribution >= 4 is 11.3 Å². The molecule has 2 rings (SSSR count). The van der Waals surface area contributed by atoms with Crippen LogP contribution in [0.15, 0.2) is 35.7 Å². The molecule has 1 nitrogen and oxygen atoms in total. The Morgan fingerprint density at radius 2 is 1.95 bits per heavy atom. The monoisotopic (exact) mass is 301 g/mol. The second-order valence-corrected chi connectivity index (χ2v) is 6.95. The maximum atomic E-state index is 3.67. The van der Waals surface area contributed by atoms with Gasteiger partial charge in [0.25, 0.3) is 0 Å². The van der Waals surface area contributed by atoms with Crippen LogP contribution in [0, 0.1) is 5.92 Å². The highest BCUT2D eigenvalue weighted by atomic mass is 32.1. The van der Waals surface area contributed by atoms with Crippen LogP contribution >= 0.6 is 11.3 Å². The normalized spacial score (nSPS) is 12.8. The van der Waals surface area contributed by atoms with Gasteiger partial charge in [0.15, 0.2) is 0 Å². The van der Waals surface area contributed by atoms with E-state index in [0.717, 1.165) is 19.4 Å². The molecule has 1 unspecified atom stereocenters. The molecule has 0 fully saturated rings. The number of nitrogens with one attached hydrogen (secondary N) is 1. The first-order valence-corrected chi connectivity index (χ1v) is 8.92. The summed E-state index contributed by atoms with van der Waals surface area (Å²) in [5.41, 5.74) is 4.31. The minimum atomic E-state index is 0.331.